The molecule has 0 saturated carbocycles. The lowest BCUT2D eigenvalue weighted by molar-refractivity contribution is 0.153. The van der Waals surface area contributed by atoms with Crippen molar-refractivity contribution in [2.24, 2.45) is 5.11 Å². The highest BCUT2D eigenvalue weighted by molar-refractivity contribution is 5.15. The molecular weight excluding hydrogens is 216 g/mol. The van der Waals surface area contributed by atoms with Gasteiger partial charge in [-0.2, -0.15) is 0 Å². The first kappa shape index (κ1) is 11.9. The molecule has 0 aliphatic carbocycles. The Morgan fingerprint density at radius 1 is 1.41 bits per heavy atom. The van der Waals surface area contributed by atoms with E-state index in [4.69, 9.17) is 5.53 Å². The summed E-state index contributed by atoms with van der Waals surface area (Å²) in [4.78, 5) is 5.02. The summed E-state index contributed by atoms with van der Waals surface area (Å²) in [7, 11) is 0. The molecule has 0 bridgehead atoms. The molecule has 2 unspecified atom stereocenters. The highest BCUT2D eigenvalue weighted by atomic mass is 16.3. The normalized spacial score (nSPS) is 24.5. The molecule has 1 fully saturated rings. The van der Waals surface area contributed by atoms with E-state index < -0.39 is 0 Å². The van der Waals surface area contributed by atoms with Crippen molar-refractivity contribution in [1.82, 2.24) is 4.90 Å². The number of nitrogens with zero attached hydrogens (tertiary/aromatic N) is 4. The Balaban J connectivity index is 2.02. The zero-order valence-corrected chi connectivity index (χ0v) is 9.61. The molecule has 1 aliphatic rings. The van der Waals surface area contributed by atoms with Gasteiger partial charge in [0.05, 0.1) is 12.6 Å². The van der Waals surface area contributed by atoms with E-state index in [1.54, 1.807) is 0 Å². The van der Waals surface area contributed by atoms with Gasteiger partial charge in [-0.1, -0.05) is 35.4 Å². The van der Waals surface area contributed by atoms with Crippen LogP contribution in [-0.2, 0) is 6.54 Å². The van der Waals surface area contributed by atoms with Crippen LogP contribution >= 0.6 is 0 Å². The number of hydrogen-bond acceptors (Lipinski definition) is 3. The third-order valence-corrected chi connectivity index (χ3v) is 3.16. The van der Waals surface area contributed by atoms with Crippen molar-refractivity contribution in [1.29, 1.82) is 0 Å². The maximum atomic E-state index is 9.32. The zero-order chi connectivity index (χ0) is 12.1. The van der Waals surface area contributed by atoms with Gasteiger partial charge in [0, 0.05) is 24.0 Å². The standard InChI is InChI=1S/C12H16N4O/c13-15-14-11-6-12(9-17)16(8-11)7-10-4-2-1-3-5-10/h1-5,11-12,17H,6-9H2. The van der Waals surface area contributed by atoms with Gasteiger partial charge in [-0.3, -0.25) is 4.90 Å². The van der Waals surface area contributed by atoms with Gasteiger partial charge in [0.15, 0.2) is 0 Å². The summed E-state index contributed by atoms with van der Waals surface area (Å²) in [5, 5.41) is 13.1. The average Bonchev–Trinajstić information content (AvgIpc) is 2.73. The van der Waals surface area contributed by atoms with Crippen LogP contribution in [0.3, 0.4) is 0 Å². The second-order valence-electron chi connectivity index (χ2n) is 4.35. The fourth-order valence-corrected chi connectivity index (χ4v) is 2.32. The van der Waals surface area contributed by atoms with E-state index in [1.165, 1.54) is 5.56 Å². The largest absolute Gasteiger partial charge is 0.395 e. The molecule has 1 N–H and O–H groups in total. The van der Waals surface area contributed by atoms with Crippen LogP contribution in [0.5, 0.6) is 0 Å². The molecule has 2 atom stereocenters. The Bertz CT molecular complexity index is 402. The van der Waals surface area contributed by atoms with Gasteiger partial charge in [-0.15, -0.1) is 0 Å². The topological polar surface area (TPSA) is 72.2 Å². The van der Waals surface area contributed by atoms with Gasteiger partial charge in [-0.25, -0.2) is 0 Å². The number of aliphatic hydroxyl groups is 1. The lowest BCUT2D eigenvalue weighted by atomic mass is 10.2. The molecule has 0 radical (unpaired) electrons. The molecule has 5 heteroatoms. The molecule has 1 aliphatic heterocycles. The minimum atomic E-state index is -0.0131. The van der Waals surface area contributed by atoms with Crippen LogP contribution in [0.4, 0.5) is 0 Å². The smallest absolute Gasteiger partial charge is 0.0587 e. The second-order valence-corrected chi connectivity index (χ2v) is 4.35. The molecule has 1 aromatic rings. The summed E-state index contributed by atoms with van der Waals surface area (Å²) < 4.78 is 0. The SMILES string of the molecule is [N-]=[N+]=NC1CC(CO)N(Cc2ccccc2)C1. The van der Waals surface area contributed by atoms with E-state index in [2.05, 4.69) is 27.1 Å². The van der Waals surface area contributed by atoms with Crippen molar-refractivity contribution in [2.45, 2.75) is 25.0 Å². The van der Waals surface area contributed by atoms with Gasteiger partial charge in [0.1, 0.15) is 0 Å². The summed E-state index contributed by atoms with van der Waals surface area (Å²) in [5.41, 5.74) is 9.65. The first-order chi connectivity index (χ1) is 8.33. The minimum Gasteiger partial charge on any atom is -0.395 e. The van der Waals surface area contributed by atoms with E-state index in [1.807, 2.05) is 18.2 Å². The Kier molecular flexibility index (Phi) is 3.98. The van der Waals surface area contributed by atoms with Crippen LogP contribution in [0.25, 0.3) is 10.4 Å². The molecule has 0 amide bonds. The number of rotatable bonds is 4. The fraction of sp³-hybridized carbons (Fsp3) is 0.500. The number of hydrogen-bond donors (Lipinski definition) is 1. The van der Waals surface area contributed by atoms with Crippen molar-refractivity contribution < 1.29 is 5.11 Å². The highest BCUT2D eigenvalue weighted by Gasteiger charge is 2.30. The lowest BCUT2D eigenvalue weighted by Crippen LogP contribution is -2.31. The predicted molar refractivity (Wildman–Crippen MR) is 65.3 cm³/mol. The average molecular weight is 232 g/mol. The zero-order valence-electron chi connectivity index (χ0n) is 9.61. The van der Waals surface area contributed by atoms with Crippen molar-refractivity contribution in [2.75, 3.05) is 13.2 Å². The summed E-state index contributed by atoms with van der Waals surface area (Å²) >= 11 is 0. The molecule has 0 aromatic heterocycles. The van der Waals surface area contributed by atoms with E-state index in [0.717, 1.165) is 19.5 Å². The monoisotopic (exact) mass is 232 g/mol. The van der Waals surface area contributed by atoms with Gasteiger partial charge >= 0.3 is 0 Å². The van der Waals surface area contributed by atoms with E-state index in [0.29, 0.717) is 0 Å². The van der Waals surface area contributed by atoms with Gasteiger partial charge in [0.25, 0.3) is 0 Å². The summed E-state index contributed by atoms with van der Waals surface area (Å²) in [6, 6.07) is 10.2. The van der Waals surface area contributed by atoms with Crippen molar-refractivity contribution in [3.05, 3.63) is 46.3 Å². The maximum Gasteiger partial charge on any atom is 0.0587 e. The number of likely N-dealkylation sites (tertiary alicyclic amines) is 1. The Labute approximate surface area is 100 Å². The highest BCUT2D eigenvalue weighted by Crippen LogP contribution is 2.22. The Morgan fingerprint density at radius 2 is 2.18 bits per heavy atom. The Hall–Kier alpha value is -1.55. The van der Waals surface area contributed by atoms with Gasteiger partial charge < -0.3 is 5.11 Å². The van der Waals surface area contributed by atoms with E-state index >= 15 is 0 Å². The third kappa shape index (κ3) is 2.97. The number of benzene rings is 1. The van der Waals surface area contributed by atoms with Gasteiger partial charge in [0.2, 0.25) is 0 Å². The fourth-order valence-electron chi connectivity index (χ4n) is 2.32. The van der Waals surface area contributed by atoms with Crippen molar-refractivity contribution in [3.8, 4) is 0 Å². The van der Waals surface area contributed by atoms with Gasteiger partial charge in [-0.05, 0) is 17.5 Å². The first-order valence-corrected chi connectivity index (χ1v) is 5.76. The molecule has 90 valence electrons. The first-order valence-electron chi connectivity index (χ1n) is 5.76. The Morgan fingerprint density at radius 3 is 2.82 bits per heavy atom. The predicted octanol–water partition coefficient (Wildman–Crippen LogP) is 1.93. The molecule has 17 heavy (non-hydrogen) atoms. The molecule has 1 saturated heterocycles. The van der Waals surface area contributed by atoms with Crippen LogP contribution < -0.4 is 0 Å². The lowest BCUT2D eigenvalue weighted by Gasteiger charge is -2.22. The number of aliphatic hydroxyl groups excluding tert-OH is 1. The molecule has 1 aromatic carbocycles. The van der Waals surface area contributed by atoms with Crippen LogP contribution in [0.1, 0.15) is 12.0 Å². The summed E-state index contributed by atoms with van der Waals surface area (Å²) in [6.45, 7) is 1.64. The quantitative estimate of drug-likeness (QED) is 0.489. The van der Waals surface area contributed by atoms with Crippen LogP contribution in [0.2, 0.25) is 0 Å². The molecular formula is C12H16N4O. The van der Waals surface area contributed by atoms with E-state index in [-0.39, 0.29) is 18.7 Å². The summed E-state index contributed by atoms with van der Waals surface area (Å²) in [5.74, 6) is 0. The van der Waals surface area contributed by atoms with Crippen LogP contribution in [0, 0.1) is 0 Å². The van der Waals surface area contributed by atoms with Crippen molar-refractivity contribution in [3.63, 3.8) is 0 Å². The van der Waals surface area contributed by atoms with Crippen LogP contribution in [-0.4, -0.2) is 35.2 Å². The van der Waals surface area contributed by atoms with Crippen LogP contribution in [0.15, 0.2) is 35.4 Å². The van der Waals surface area contributed by atoms with Crippen molar-refractivity contribution >= 4 is 0 Å². The molecule has 2 rings (SSSR count). The van der Waals surface area contributed by atoms with E-state index in [9.17, 15) is 5.11 Å². The number of azide groups is 1. The molecule has 1 heterocycles. The minimum absolute atomic E-state index is 0.0131. The molecule has 5 nitrogen and oxygen atoms in total. The third-order valence-electron chi connectivity index (χ3n) is 3.16. The maximum absolute atomic E-state index is 9.32. The summed E-state index contributed by atoms with van der Waals surface area (Å²) in [6.07, 6.45) is 0.743. The molecule has 0 spiro atoms. The second kappa shape index (κ2) is 5.68.